The highest BCUT2D eigenvalue weighted by atomic mass is 19.1. The van der Waals surface area contributed by atoms with Crippen molar-refractivity contribution < 1.29 is 14.2 Å². The Labute approximate surface area is 209 Å². The van der Waals surface area contributed by atoms with Crippen molar-refractivity contribution in [2.24, 2.45) is 5.41 Å². The normalized spacial score (nSPS) is 26.1. The summed E-state index contributed by atoms with van der Waals surface area (Å²) in [5.74, 6) is 2.63. The van der Waals surface area contributed by atoms with E-state index < -0.39 is 11.8 Å². The minimum absolute atomic E-state index is 0.0570. The average Bonchev–Trinajstić information content (AvgIpc) is 3.17. The van der Waals surface area contributed by atoms with Crippen LogP contribution in [0.25, 0.3) is 10.9 Å². The zero-order valence-corrected chi connectivity index (χ0v) is 21.0. The van der Waals surface area contributed by atoms with E-state index >= 15 is 0 Å². The van der Waals surface area contributed by atoms with E-state index in [2.05, 4.69) is 43.7 Å². The number of ether oxygens (including phenoxy) is 1. The number of rotatable bonds is 6. The number of halogens is 1. The second-order valence-electron chi connectivity index (χ2n) is 10.8. The number of pyridine rings is 1. The molecule has 0 amide bonds. The molecule has 0 aromatic carbocycles. The predicted molar refractivity (Wildman–Crippen MR) is 136 cm³/mol. The molecule has 0 saturated carbocycles. The Balaban J connectivity index is 1.25. The minimum atomic E-state index is -1.36. The van der Waals surface area contributed by atoms with Gasteiger partial charge in [-0.15, -0.1) is 0 Å². The van der Waals surface area contributed by atoms with E-state index in [1.807, 2.05) is 12.3 Å². The summed E-state index contributed by atoms with van der Waals surface area (Å²) in [6.07, 6.45) is 3.45. The number of nitrogens with zero attached hydrogens (tertiary/aromatic N) is 7. The molecule has 2 N–H and O–H groups in total. The van der Waals surface area contributed by atoms with E-state index in [1.54, 1.807) is 17.2 Å². The molecule has 6 heterocycles. The van der Waals surface area contributed by atoms with Gasteiger partial charge in [0.1, 0.15) is 17.8 Å². The Morgan fingerprint density at radius 3 is 2.75 bits per heavy atom. The van der Waals surface area contributed by atoms with Gasteiger partial charge in [0, 0.05) is 44.1 Å². The van der Waals surface area contributed by atoms with Gasteiger partial charge in [-0.25, -0.2) is 14.4 Å². The van der Waals surface area contributed by atoms with Crippen LogP contribution in [0.4, 0.5) is 27.8 Å². The van der Waals surface area contributed by atoms with Gasteiger partial charge in [0.2, 0.25) is 5.95 Å². The van der Waals surface area contributed by atoms with Crippen LogP contribution < -0.4 is 15.1 Å². The number of anilines is 4. The Kier molecular flexibility index (Phi) is 5.52. The molecule has 11 heteroatoms. The van der Waals surface area contributed by atoms with E-state index in [0.29, 0.717) is 36.0 Å². The zero-order chi connectivity index (χ0) is 25.1. The summed E-state index contributed by atoms with van der Waals surface area (Å²) in [5.41, 5.74) is 0.0135. The largest absolute Gasteiger partial charge is 0.387 e. The van der Waals surface area contributed by atoms with E-state index in [4.69, 9.17) is 9.84 Å². The zero-order valence-electron chi connectivity index (χ0n) is 21.0. The summed E-state index contributed by atoms with van der Waals surface area (Å²) in [6, 6.07) is 4.02. The maximum Gasteiger partial charge on any atom is 0.227 e. The molecule has 3 aliphatic heterocycles. The van der Waals surface area contributed by atoms with Crippen molar-refractivity contribution in [3.05, 3.63) is 24.5 Å². The summed E-state index contributed by atoms with van der Waals surface area (Å²) in [5, 5.41) is 19.5. The van der Waals surface area contributed by atoms with Crippen LogP contribution in [0.2, 0.25) is 0 Å². The van der Waals surface area contributed by atoms with Gasteiger partial charge in [0.05, 0.1) is 41.7 Å². The van der Waals surface area contributed by atoms with Crippen LogP contribution in [0.1, 0.15) is 39.7 Å². The third-order valence-electron chi connectivity index (χ3n) is 7.87. The molecule has 10 nitrogen and oxygen atoms in total. The molecule has 0 aliphatic carbocycles. The van der Waals surface area contributed by atoms with Gasteiger partial charge < -0.3 is 25.0 Å². The molecule has 1 spiro atoms. The molecule has 0 unspecified atom stereocenters. The lowest BCUT2D eigenvalue weighted by Gasteiger charge is -2.55. The molecule has 3 atom stereocenters. The van der Waals surface area contributed by atoms with Crippen molar-refractivity contribution in [3.63, 3.8) is 0 Å². The number of hydrogen-bond acceptors (Lipinski definition) is 9. The first-order chi connectivity index (χ1) is 17.3. The number of piperidine rings is 1. The predicted octanol–water partition coefficient (Wildman–Crippen LogP) is 3.07. The number of fused-ring (bicyclic) bond motifs is 1. The Morgan fingerprint density at radius 2 is 2.06 bits per heavy atom. The fraction of sp³-hybridized carbons (Fsp3) is 0.600. The first-order valence-electron chi connectivity index (χ1n) is 12.7. The first-order valence-corrected chi connectivity index (χ1v) is 12.7. The number of aliphatic hydroxyl groups is 1. The maximum atomic E-state index is 14.4. The quantitative estimate of drug-likeness (QED) is 0.533. The van der Waals surface area contributed by atoms with Gasteiger partial charge in [0.25, 0.3) is 0 Å². The molecule has 6 rings (SSSR count). The summed E-state index contributed by atoms with van der Waals surface area (Å²) in [6.45, 7) is 10.0. The van der Waals surface area contributed by atoms with Crippen molar-refractivity contribution >= 4 is 34.3 Å². The van der Waals surface area contributed by atoms with Crippen LogP contribution in [-0.2, 0) is 4.74 Å². The van der Waals surface area contributed by atoms with Crippen molar-refractivity contribution in [2.45, 2.75) is 51.4 Å². The Hall–Kier alpha value is -3.05. The summed E-state index contributed by atoms with van der Waals surface area (Å²) < 4.78 is 21.9. The fourth-order valence-electron chi connectivity index (χ4n) is 5.20. The lowest BCUT2D eigenvalue weighted by atomic mass is 9.78. The number of alkyl halides is 1. The lowest BCUT2D eigenvalue weighted by Crippen LogP contribution is -2.66. The minimum Gasteiger partial charge on any atom is -0.387 e. The maximum absolute atomic E-state index is 14.4. The smallest absolute Gasteiger partial charge is 0.227 e. The van der Waals surface area contributed by atoms with Crippen LogP contribution in [0.15, 0.2) is 24.5 Å². The van der Waals surface area contributed by atoms with Crippen LogP contribution in [-0.4, -0.2) is 81.0 Å². The molecule has 3 fully saturated rings. The molecule has 36 heavy (non-hydrogen) atoms. The van der Waals surface area contributed by atoms with Gasteiger partial charge in [0.15, 0.2) is 5.82 Å². The lowest BCUT2D eigenvalue weighted by molar-refractivity contribution is -0.127. The van der Waals surface area contributed by atoms with E-state index in [0.717, 1.165) is 49.4 Å². The van der Waals surface area contributed by atoms with E-state index in [-0.39, 0.29) is 12.6 Å². The van der Waals surface area contributed by atoms with Gasteiger partial charge >= 0.3 is 0 Å². The van der Waals surface area contributed by atoms with Crippen molar-refractivity contribution in [2.75, 3.05) is 54.5 Å². The Morgan fingerprint density at radius 1 is 1.25 bits per heavy atom. The molecule has 3 saturated heterocycles. The van der Waals surface area contributed by atoms with Crippen LogP contribution in [0.3, 0.4) is 0 Å². The third-order valence-corrected chi connectivity index (χ3v) is 7.87. The first kappa shape index (κ1) is 23.4. The van der Waals surface area contributed by atoms with Crippen LogP contribution in [0, 0.1) is 5.41 Å². The molecule has 0 bridgehead atoms. The van der Waals surface area contributed by atoms with Crippen molar-refractivity contribution in [1.82, 2.24) is 24.7 Å². The second kappa shape index (κ2) is 8.52. The molecule has 3 aromatic rings. The second-order valence-corrected chi connectivity index (χ2v) is 10.8. The number of nitrogens with one attached hydrogen (secondary N) is 1. The van der Waals surface area contributed by atoms with Crippen LogP contribution >= 0.6 is 0 Å². The average molecular weight is 497 g/mol. The molecular formula is C25H33FN8O2. The van der Waals surface area contributed by atoms with E-state index in [9.17, 15) is 9.50 Å². The third kappa shape index (κ3) is 3.94. The standard InChI is InChI=1S/C25H33FN8O2/c1-4-16(2)34-18-9-21(28-10-17(18)22(31-34)33-12-25(13-33)14-36-15-25)29-20-5-7-27-23(30-20)32-8-6-24(3,35)19(26)11-32/h5,7,9-10,16,19,35H,4,6,8,11-15H2,1-3H3,(H,27,28,29,30)/t16-,19+,24-/m0/s1. The van der Waals surface area contributed by atoms with Gasteiger partial charge in [-0.3, -0.25) is 4.68 Å². The van der Waals surface area contributed by atoms with E-state index in [1.165, 1.54) is 6.92 Å². The van der Waals surface area contributed by atoms with Gasteiger partial charge in [-0.2, -0.15) is 10.1 Å². The highest BCUT2D eigenvalue weighted by Crippen LogP contribution is 2.42. The highest BCUT2D eigenvalue weighted by Gasteiger charge is 2.50. The molecule has 3 aliphatic rings. The number of hydrogen-bond donors (Lipinski definition) is 2. The Bertz CT molecular complexity index is 1270. The SMILES string of the molecule is CC[C@H](C)n1nc(N2CC3(COC3)C2)c2cnc(Nc3ccnc(N4CC[C@](C)(O)[C@H](F)C4)n3)cc21. The van der Waals surface area contributed by atoms with Crippen molar-refractivity contribution in [3.8, 4) is 0 Å². The van der Waals surface area contributed by atoms with Crippen molar-refractivity contribution in [1.29, 1.82) is 0 Å². The van der Waals surface area contributed by atoms with Gasteiger partial charge in [-0.1, -0.05) is 6.92 Å². The molecule has 0 radical (unpaired) electrons. The summed E-state index contributed by atoms with van der Waals surface area (Å²) >= 11 is 0. The number of aromatic nitrogens is 5. The molecular weight excluding hydrogens is 463 g/mol. The van der Waals surface area contributed by atoms with Crippen LogP contribution in [0.5, 0.6) is 0 Å². The summed E-state index contributed by atoms with van der Waals surface area (Å²) in [7, 11) is 0. The van der Waals surface area contributed by atoms with Gasteiger partial charge in [-0.05, 0) is 32.8 Å². The topological polar surface area (TPSA) is 104 Å². The highest BCUT2D eigenvalue weighted by molar-refractivity contribution is 5.92. The molecule has 3 aromatic heterocycles. The molecule has 192 valence electrons. The monoisotopic (exact) mass is 496 g/mol. The fourth-order valence-corrected chi connectivity index (χ4v) is 5.20. The summed E-state index contributed by atoms with van der Waals surface area (Å²) in [4.78, 5) is 17.7.